The maximum Gasteiger partial charge on any atom is 0.252 e. The van der Waals surface area contributed by atoms with Gasteiger partial charge in [-0.15, -0.1) is 5.10 Å². The van der Waals surface area contributed by atoms with Crippen LogP contribution in [0, 0.1) is 5.41 Å². The number of para-hydroxylation sites is 1. The molecule has 1 N–H and O–H groups in total. The fourth-order valence-corrected chi connectivity index (χ4v) is 2.95. The molecule has 1 atom stereocenters. The number of amides is 1. The molecular weight excluding hydrogens is 336 g/mol. The third kappa shape index (κ3) is 4.17. The lowest BCUT2D eigenvalue weighted by atomic mass is 9.90. The number of nitrogens with zero attached hydrogens (tertiary/aromatic N) is 3. The number of halogens is 1. The van der Waals surface area contributed by atoms with Crippen LogP contribution in [0.3, 0.4) is 0 Å². The fourth-order valence-electron chi connectivity index (χ4n) is 2.76. The molecule has 130 valence electrons. The average Bonchev–Trinajstić information content (AvgIpc) is 2.97. The van der Waals surface area contributed by atoms with Crippen molar-refractivity contribution in [3.05, 3.63) is 59.1 Å². The molecule has 1 amide bonds. The van der Waals surface area contributed by atoms with Gasteiger partial charge in [-0.25, -0.2) is 4.68 Å². The number of benzene rings is 2. The molecule has 0 aliphatic rings. The Balaban J connectivity index is 1.94. The van der Waals surface area contributed by atoms with Crippen molar-refractivity contribution in [3.8, 4) is 0 Å². The Morgan fingerprint density at radius 3 is 2.68 bits per heavy atom. The molecule has 3 aromatic rings. The van der Waals surface area contributed by atoms with Gasteiger partial charge in [0.25, 0.3) is 5.91 Å². The number of nitrogens with one attached hydrogen (secondary N) is 1. The Morgan fingerprint density at radius 2 is 1.96 bits per heavy atom. The largest absolute Gasteiger partial charge is 0.330 e. The maximum absolute atomic E-state index is 12.7. The lowest BCUT2D eigenvalue weighted by Crippen LogP contribution is -2.35. The molecule has 0 radical (unpaired) electrons. The van der Waals surface area contributed by atoms with Gasteiger partial charge < -0.3 is 5.32 Å². The van der Waals surface area contributed by atoms with E-state index in [1.165, 1.54) is 0 Å². The van der Waals surface area contributed by atoms with Gasteiger partial charge in [-0.3, -0.25) is 4.79 Å². The first-order valence-corrected chi connectivity index (χ1v) is 8.58. The van der Waals surface area contributed by atoms with E-state index in [-0.39, 0.29) is 17.5 Å². The first kappa shape index (κ1) is 17.4. The molecule has 5 nitrogen and oxygen atoms in total. The number of carbonyl (C=O) groups excluding carboxylic acids is 1. The highest BCUT2D eigenvalue weighted by Gasteiger charge is 2.24. The van der Waals surface area contributed by atoms with E-state index >= 15 is 0 Å². The van der Waals surface area contributed by atoms with Crippen LogP contribution in [0.4, 0.5) is 0 Å². The lowest BCUT2D eigenvalue weighted by Gasteiger charge is -2.27. The molecule has 0 saturated carbocycles. The van der Waals surface area contributed by atoms with Crippen LogP contribution in [0.1, 0.15) is 43.7 Å². The molecule has 2 aromatic carbocycles. The van der Waals surface area contributed by atoms with Gasteiger partial charge in [0, 0.05) is 10.6 Å². The molecule has 3 rings (SSSR count). The Hall–Kier alpha value is -2.40. The van der Waals surface area contributed by atoms with E-state index in [1.54, 1.807) is 28.9 Å². The lowest BCUT2D eigenvalue weighted by molar-refractivity contribution is 0.0897. The summed E-state index contributed by atoms with van der Waals surface area (Å²) < 4.78 is 1.78. The quantitative estimate of drug-likeness (QED) is 0.751. The van der Waals surface area contributed by atoms with Crippen LogP contribution in [0.2, 0.25) is 5.02 Å². The Morgan fingerprint density at radius 1 is 1.20 bits per heavy atom. The van der Waals surface area contributed by atoms with Crippen molar-refractivity contribution in [2.45, 2.75) is 33.4 Å². The van der Waals surface area contributed by atoms with Crippen LogP contribution >= 0.6 is 11.6 Å². The van der Waals surface area contributed by atoms with E-state index in [4.69, 9.17) is 11.6 Å². The summed E-state index contributed by atoms with van der Waals surface area (Å²) in [4.78, 5) is 12.7. The number of aromatic nitrogens is 3. The number of hydrogen-bond donors (Lipinski definition) is 1. The maximum atomic E-state index is 12.7. The van der Waals surface area contributed by atoms with Gasteiger partial charge in [0.1, 0.15) is 11.7 Å². The fraction of sp³-hybridized carbons (Fsp3) is 0.316. The van der Waals surface area contributed by atoms with Crippen molar-refractivity contribution in [1.29, 1.82) is 0 Å². The van der Waals surface area contributed by atoms with Crippen molar-refractivity contribution in [2.75, 3.05) is 0 Å². The van der Waals surface area contributed by atoms with E-state index in [0.29, 0.717) is 17.0 Å². The predicted octanol–water partition coefficient (Wildman–Crippen LogP) is 4.45. The third-order valence-electron chi connectivity index (χ3n) is 3.86. The predicted molar refractivity (Wildman–Crippen MR) is 99.6 cm³/mol. The van der Waals surface area contributed by atoms with Crippen LogP contribution in [0.25, 0.3) is 11.0 Å². The molecule has 1 unspecified atom stereocenters. The SMILES string of the molecule is CC(C)(C)CC(NC(=O)c1cccc(Cl)c1)n1nnc2ccccc21. The third-order valence-corrected chi connectivity index (χ3v) is 4.10. The molecule has 6 heteroatoms. The highest BCUT2D eigenvalue weighted by Crippen LogP contribution is 2.28. The summed E-state index contributed by atoms with van der Waals surface area (Å²) in [5.74, 6) is -0.184. The number of hydrogen-bond acceptors (Lipinski definition) is 3. The molecule has 25 heavy (non-hydrogen) atoms. The van der Waals surface area contributed by atoms with E-state index in [2.05, 4.69) is 36.4 Å². The average molecular weight is 357 g/mol. The first-order valence-electron chi connectivity index (χ1n) is 8.20. The molecule has 0 fully saturated rings. The minimum absolute atomic E-state index is 0.000661. The zero-order valence-electron chi connectivity index (χ0n) is 14.5. The second-order valence-corrected chi connectivity index (χ2v) is 7.72. The van der Waals surface area contributed by atoms with E-state index in [0.717, 1.165) is 11.0 Å². The van der Waals surface area contributed by atoms with Crippen LogP contribution < -0.4 is 5.32 Å². The number of carbonyl (C=O) groups is 1. The van der Waals surface area contributed by atoms with Gasteiger partial charge in [-0.1, -0.05) is 55.8 Å². The number of rotatable bonds is 4. The van der Waals surface area contributed by atoms with Crippen molar-refractivity contribution in [3.63, 3.8) is 0 Å². The highest BCUT2D eigenvalue weighted by atomic mass is 35.5. The van der Waals surface area contributed by atoms with Crippen LogP contribution in [-0.2, 0) is 0 Å². The molecule has 0 bridgehead atoms. The minimum Gasteiger partial charge on any atom is -0.330 e. The molecule has 0 aliphatic carbocycles. The normalized spacial score (nSPS) is 13.0. The standard InChI is InChI=1S/C19H21ClN4O/c1-19(2,3)12-17(21-18(25)13-7-6-8-14(20)11-13)24-16-10-5-4-9-15(16)22-23-24/h4-11,17H,12H2,1-3H3,(H,21,25). The van der Waals surface area contributed by atoms with Crippen molar-refractivity contribution < 1.29 is 4.79 Å². The molecule has 1 aromatic heterocycles. The summed E-state index contributed by atoms with van der Waals surface area (Å²) >= 11 is 6.00. The molecule has 0 spiro atoms. The summed E-state index contributed by atoms with van der Waals surface area (Å²) in [6.07, 6.45) is 0.408. The minimum atomic E-state index is -0.307. The van der Waals surface area contributed by atoms with E-state index < -0.39 is 0 Å². The topological polar surface area (TPSA) is 59.8 Å². The van der Waals surface area contributed by atoms with Gasteiger partial charge in [-0.2, -0.15) is 0 Å². The van der Waals surface area contributed by atoms with Crippen molar-refractivity contribution in [1.82, 2.24) is 20.3 Å². The summed E-state index contributed by atoms with van der Waals surface area (Å²) in [7, 11) is 0. The molecular formula is C19H21ClN4O. The summed E-state index contributed by atoms with van der Waals surface area (Å²) in [5, 5.41) is 12.1. The molecule has 0 saturated heterocycles. The highest BCUT2D eigenvalue weighted by molar-refractivity contribution is 6.30. The van der Waals surface area contributed by atoms with Gasteiger partial charge >= 0.3 is 0 Å². The zero-order chi connectivity index (χ0) is 18.0. The molecule has 1 heterocycles. The van der Waals surface area contributed by atoms with E-state index in [9.17, 15) is 4.79 Å². The second-order valence-electron chi connectivity index (χ2n) is 7.29. The Kier molecular flexibility index (Phi) is 4.77. The summed E-state index contributed by atoms with van der Waals surface area (Å²) in [6.45, 7) is 6.39. The van der Waals surface area contributed by atoms with Gasteiger partial charge in [0.15, 0.2) is 0 Å². The first-order chi connectivity index (χ1) is 11.8. The van der Waals surface area contributed by atoms with Crippen LogP contribution in [0.5, 0.6) is 0 Å². The van der Waals surface area contributed by atoms with E-state index in [1.807, 2.05) is 24.3 Å². The van der Waals surface area contributed by atoms with Gasteiger partial charge in [0.05, 0.1) is 5.52 Å². The van der Waals surface area contributed by atoms with Crippen LogP contribution in [0.15, 0.2) is 48.5 Å². The Bertz CT molecular complexity index is 898. The van der Waals surface area contributed by atoms with Crippen molar-refractivity contribution >= 4 is 28.5 Å². The monoisotopic (exact) mass is 356 g/mol. The molecule has 0 aliphatic heterocycles. The van der Waals surface area contributed by atoms with Crippen LogP contribution in [-0.4, -0.2) is 20.9 Å². The smallest absolute Gasteiger partial charge is 0.252 e. The zero-order valence-corrected chi connectivity index (χ0v) is 15.3. The van der Waals surface area contributed by atoms with Gasteiger partial charge in [0.2, 0.25) is 0 Å². The summed E-state index contributed by atoms with van der Waals surface area (Å²) in [5.41, 5.74) is 2.22. The van der Waals surface area contributed by atoms with Crippen molar-refractivity contribution in [2.24, 2.45) is 5.41 Å². The van der Waals surface area contributed by atoms with Gasteiger partial charge in [-0.05, 0) is 42.2 Å². The second kappa shape index (κ2) is 6.84. The summed E-state index contributed by atoms with van der Waals surface area (Å²) in [6, 6.07) is 14.6. The Labute approximate surface area is 152 Å². The number of fused-ring (bicyclic) bond motifs is 1.